The number of hydrogen-bond donors (Lipinski definition) is 0. The average molecular weight is 179 g/mol. The predicted molar refractivity (Wildman–Crippen MR) is 54.0 cm³/mol. The van der Waals surface area contributed by atoms with Crippen LogP contribution >= 0.6 is 0 Å². The van der Waals surface area contributed by atoms with E-state index in [2.05, 4.69) is 11.9 Å². The molecule has 0 amide bonds. The van der Waals surface area contributed by atoms with Gasteiger partial charge in [0.15, 0.2) is 0 Å². The Morgan fingerprint density at radius 2 is 2.23 bits per heavy atom. The normalized spacial score (nSPS) is 10.5. The molecular formula is C11H17NO. The third-order valence-electron chi connectivity index (χ3n) is 1.70. The molecule has 0 saturated heterocycles. The molecule has 72 valence electrons. The Morgan fingerprint density at radius 1 is 1.46 bits per heavy atom. The number of ether oxygens (including phenoxy) is 1. The summed E-state index contributed by atoms with van der Waals surface area (Å²) in [6, 6.07) is 3.90. The molecule has 0 aliphatic rings. The summed E-state index contributed by atoms with van der Waals surface area (Å²) in [4.78, 5) is 4.30. The van der Waals surface area contributed by atoms with E-state index >= 15 is 0 Å². The minimum absolute atomic E-state index is 0.222. The fourth-order valence-electron chi connectivity index (χ4n) is 1.21. The van der Waals surface area contributed by atoms with Gasteiger partial charge in [0.2, 0.25) is 0 Å². The highest BCUT2D eigenvalue weighted by molar-refractivity contribution is 5.27. The second kappa shape index (κ2) is 4.85. The summed E-state index contributed by atoms with van der Waals surface area (Å²) in [7, 11) is 0. The maximum atomic E-state index is 5.64. The molecule has 0 unspecified atom stereocenters. The van der Waals surface area contributed by atoms with Crippen LogP contribution in [0.15, 0.2) is 18.3 Å². The van der Waals surface area contributed by atoms with Crippen LogP contribution in [-0.2, 0) is 6.42 Å². The highest BCUT2D eigenvalue weighted by Gasteiger charge is 2.04. The van der Waals surface area contributed by atoms with Crippen LogP contribution in [-0.4, -0.2) is 11.1 Å². The zero-order chi connectivity index (χ0) is 9.68. The van der Waals surface area contributed by atoms with Gasteiger partial charge in [-0.1, -0.05) is 13.3 Å². The van der Waals surface area contributed by atoms with Crippen molar-refractivity contribution in [2.45, 2.75) is 39.7 Å². The molecule has 0 radical (unpaired) electrons. The van der Waals surface area contributed by atoms with Gasteiger partial charge in [-0.05, 0) is 32.4 Å². The number of nitrogens with zero attached hydrogens (tertiary/aromatic N) is 1. The van der Waals surface area contributed by atoms with Gasteiger partial charge >= 0.3 is 0 Å². The Bertz CT molecular complexity index is 258. The minimum Gasteiger partial charge on any atom is -0.489 e. The monoisotopic (exact) mass is 179 g/mol. The second-order valence-electron chi connectivity index (χ2n) is 3.36. The molecule has 0 aliphatic heterocycles. The van der Waals surface area contributed by atoms with Crippen molar-refractivity contribution in [2.24, 2.45) is 0 Å². The van der Waals surface area contributed by atoms with E-state index in [4.69, 9.17) is 4.74 Å². The Morgan fingerprint density at radius 3 is 2.85 bits per heavy atom. The van der Waals surface area contributed by atoms with Crippen LogP contribution in [0.3, 0.4) is 0 Å². The molecule has 1 aromatic rings. The van der Waals surface area contributed by atoms with Crippen molar-refractivity contribution in [3.05, 3.63) is 24.0 Å². The molecule has 0 aliphatic carbocycles. The molecule has 1 rings (SSSR count). The van der Waals surface area contributed by atoms with Crippen molar-refractivity contribution in [2.75, 3.05) is 0 Å². The zero-order valence-electron chi connectivity index (χ0n) is 8.58. The van der Waals surface area contributed by atoms with Crippen molar-refractivity contribution in [1.82, 2.24) is 4.98 Å². The first-order valence-corrected chi connectivity index (χ1v) is 4.84. The van der Waals surface area contributed by atoms with E-state index in [1.165, 1.54) is 0 Å². The van der Waals surface area contributed by atoms with E-state index in [1.807, 2.05) is 32.2 Å². The van der Waals surface area contributed by atoms with Crippen molar-refractivity contribution in [3.63, 3.8) is 0 Å². The van der Waals surface area contributed by atoms with Gasteiger partial charge in [0.1, 0.15) is 5.75 Å². The van der Waals surface area contributed by atoms with Crippen LogP contribution in [0.1, 0.15) is 32.9 Å². The van der Waals surface area contributed by atoms with Crippen LogP contribution < -0.4 is 4.74 Å². The SMILES string of the molecule is CCCc1ncccc1OC(C)C. The van der Waals surface area contributed by atoms with Gasteiger partial charge in [0.25, 0.3) is 0 Å². The first-order valence-electron chi connectivity index (χ1n) is 4.84. The largest absolute Gasteiger partial charge is 0.489 e. The van der Waals surface area contributed by atoms with Gasteiger partial charge in [-0.2, -0.15) is 0 Å². The summed E-state index contributed by atoms with van der Waals surface area (Å²) >= 11 is 0. The molecule has 0 spiro atoms. The molecule has 0 aromatic carbocycles. The fourth-order valence-corrected chi connectivity index (χ4v) is 1.21. The maximum absolute atomic E-state index is 5.64. The van der Waals surface area contributed by atoms with E-state index in [-0.39, 0.29) is 6.10 Å². The van der Waals surface area contributed by atoms with Crippen LogP contribution in [0, 0.1) is 0 Å². The van der Waals surface area contributed by atoms with Gasteiger partial charge in [0.05, 0.1) is 11.8 Å². The first kappa shape index (κ1) is 10.0. The molecule has 0 saturated carbocycles. The van der Waals surface area contributed by atoms with Crippen LogP contribution in [0.2, 0.25) is 0 Å². The summed E-state index contributed by atoms with van der Waals surface area (Å²) in [5, 5.41) is 0. The molecule has 1 aromatic heterocycles. The summed E-state index contributed by atoms with van der Waals surface area (Å²) in [6.07, 6.45) is 4.13. The van der Waals surface area contributed by atoms with E-state index in [9.17, 15) is 0 Å². The van der Waals surface area contributed by atoms with Crippen molar-refractivity contribution in [3.8, 4) is 5.75 Å². The van der Waals surface area contributed by atoms with Gasteiger partial charge < -0.3 is 4.74 Å². The average Bonchev–Trinajstić information content (AvgIpc) is 2.08. The lowest BCUT2D eigenvalue weighted by atomic mass is 10.2. The van der Waals surface area contributed by atoms with E-state index in [0.717, 1.165) is 24.3 Å². The summed E-state index contributed by atoms with van der Waals surface area (Å²) in [5.74, 6) is 0.930. The number of aromatic nitrogens is 1. The van der Waals surface area contributed by atoms with E-state index in [0.29, 0.717) is 0 Å². The maximum Gasteiger partial charge on any atom is 0.141 e. The van der Waals surface area contributed by atoms with Gasteiger partial charge in [0, 0.05) is 6.20 Å². The van der Waals surface area contributed by atoms with E-state index in [1.54, 1.807) is 0 Å². The first-order chi connectivity index (χ1) is 6.24. The fraction of sp³-hybridized carbons (Fsp3) is 0.545. The van der Waals surface area contributed by atoms with Crippen molar-refractivity contribution in [1.29, 1.82) is 0 Å². The Kier molecular flexibility index (Phi) is 3.74. The smallest absolute Gasteiger partial charge is 0.141 e. The third kappa shape index (κ3) is 3.05. The summed E-state index contributed by atoms with van der Waals surface area (Å²) in [6.45, 7) is 6.21. The second-order valence-corrected chi connectivity index (χ2v) is 3.36. The lowest BCUT2D eigenvalue weighted by molar-refractivity contribution is 0.238. The number of hydrogen-bond acceptors (Lipinski definition) is 2. The molecule has 13 heavy (non-hydrogen) atoms. The third-order valence-corrected chi connectivity index (χ3v) is 1.70. The molecule has 0 fully saturated rings. The number of rotatable bonds is 4. The molecule has 2 nitrogen and oxygen atoms in total. The topological polar surface area (TPSA) is 22.1 Å². The standard InChI is InChI=1S/C11H17NO/c1-4-6-10-11(13-9(2)3)7-5-8-12-10/h5,7-9H,4,6H2,1-3H3. The Hall–Kier alpha value is -1.05. The van der Waals surface area contributed by atoms with Crippen molar-refractivity contribution < 1.29 is 4.74 Å². The van der Waals surface area contributed by atoms with Crippen LogP contribution in [0.25, 0.3) is 0 Å². The number of pyridine rings is 1. The Balaban J connectivity index is 2.78. The molecule has 0 bridgehead atoms. The van der Waals surface area contributed by atoms with Gasteiger partial charge in [-0.15, -0.1) is 0 Å². The van der Waals surface area contributed by atoms with Crippen LogP contribution in [0.5, 0.6) is 5.75 Å². The summed E-state index contributed by atoms with van der Waals surface area (Å²) < 4.78 is 5.64. The lowest BCUT2D eigenvalue weighted by Crippen LogP contribution is -2.08. The minimum atomic E-state index is 0.222. The molecule has 1 heterocycles. The number of aryl methyl sites for hydroxylation is 1. The zero-order valence-corrected chi connectivity index (χ0v) is 8.58. The quantitative estimate of drug-likeness (QED) is 0.709. The Labute approximate surface area is 80.0 Å². The summed E-state index contributed by atoms with van der Waals surface area (Å²) in [5.41, 5.74) is 1.07. The van der Waals surface area contributed by atoms with Crippen molar-refractivity contribution >= 4 is 0 Å². The predicted octanol–water partition coefficient (Wildman–Crippen LogP) is 2.82. The van der Waals surface area contributed by atoms with Crippen LogP contribution in [0.4, 0.5) is 0 Å². The highest BCUT2D eigenvalue weighted by Crippen LogP contribution is 2.17. The molecule has 0 N–H and O–H groups in total. The molecular weight excluding hydrogens is 162 g/mol. The van der Waals surface area contributed by atoms with Gasteiger partial charge in [-0.3, -0.25) is 4.98 Å². The lowest BCUT2D eigenvalue weighted by Gasteiger charge is -2.12. The molecule has 0 atom stereocenters. The van der Waals surface area contributed by atoms with E-state index < -0.39 is 0 Å². The van der Waals surface area contributed by atoms with Gasteiger partial charge in [-0.25, -0.2) is 0 Å². The highest BCUT2D eigenvalue weighted by atomic mass is 16.5. The molecule has 2 heteroatoms.